The Balaban J connectivity index is 2.50. The molecule has 1 atom stereocenters. The highest BCUT2D eigenvalue weighted by molar-refractivity contribution is 5.83. The van der Waals surface area contributed by atoms with E-state index >= 15 is 0 Å². The molecule has 0 saturated heterocycles. The van der Waals surface area contributed by atoms with Gasteiger partial charge in [0.2, 0.25) is 0 Å². The van der Waals surface area contributed by atoms with Crippen molar-refractivity contribution in [2.75, 3.05) is 0 Å². The maximum Gasteiger partial charge on any atom is 0.336 e. The molecule has 0 saturated carbocycles. The van der Waals surface area contributed by atoms with Crippen LogP contribution in [0.1, 0.15) is 12.5 Å². The number of nitrogens with one attached hydrogen (secondary N) is 1. The third kappa shape index (κ3) is 1.49. The van der Waals surface area contributed by atoms with E-state index in [1.165, 1.54) is 0 Å². The minimum Gasteiger partial charge on any atom is -0.479 e. The van der Waals surface area contributed by atoms with Gasteiger partial charge in [0, 0.05) is 0 Å². The van der Waals surface area contributed by atoms with Crippen molar-refractivity contribution in [3.05, 3.63) is 47.7 Å². The summed E-state index contributed by atoms with van der Waals surface area (Å²) in [6, 6.07) is 8.93. The van der Waals surface area contributed by atoms with E-state index in [-0.39, 0.29) is 0 Å². The standard InChI is InChI=1S/C11H11NO3/c1-8-7-11(10(13)14,12-15-8)9-5-3-2-4-6-9/h2-7,12H,1H3,(H,13,14). The van der Waals surface area contributed by atoms with E-state index in [0.717, 1.165) is 0 Å². The van der Waals surface area contributed by atoms with Crippen LogP contribution in [0.4, 0.5) is 0 Å². The lowest BCUT2D eigenvalue weighted by Crippen LogP contribution is -2.43. The van der Waals surface area contributed by atoms with Crippen molar-refractivity contribution in [3.8, 4) is 0 Å². The summed E-state index contributed by atoms with van der Waals surface area (Å²) in [5.74, 6) is -0.424. The van der Waals surface area contributed by atoms with Crippen molar-refractivity contribution < 1.29 is 14.7 Å². The molecule has 0 fully saturated rings. The van der Waals surface area contributed by atoms with E-state index in [2.05, 4.69) is 5.48 Å². The van der Waals surface area contributed by atoms with Gasteiger partial charge >= 0.3 is 5.97 Å². The maximum absolute atomic E-state index is 11.3. The number of carboxylic acids is 1. The zero-order chi connectivity index (χ0) is 10.9. The van der Waals surface area contributed by atoms with Crippen LogP contribution < -0.4 is 5.48 Å². The van der Waals surface area contributed by atoms with E-state index in [1.807, 2.05) is 6.07 Å². The van der Waals surface area contributed by atoms with Crippen molar-refractivity contribution >= 4 is 5.97 Å². The fraction of sp³-hybridized carbons (Fsp3) is 0.182. The van der Waals surface area contributed by atoms with Gasteiger partial charge < -0.3 is 9.94 Å². The van der Waals surface area contributed by atoms with E-state index in [4.69, 9.17) is 4.84 Å². The Bertz CT molecular complexity index is 413. The number of benzene rings is 1. The van der Waals surface area contributed by atoms with Gasteiger partial charge in [-0.05, 0) is 18.6 Å². The SMILES string of the molecule is CC1=CC(C(=O)O)(c2ccccc2)NO1. The van der Waals surface area contributed by atoms with Gasteiger partial charge in [-0.15, -0.1) is 5.48 Å². The minimum atomic E-state index is -1.26. The van der Waals surface area contributed by atoms with Crippen molar-refractivity contribution in [2.24, 2.45) is 0 Å². The Labute approximate surface area is 87.1 Å². The fourth-order valence-corrected chi connectivity index (χ4v) is 1.60. The number of carbonyl (C=O) groups is 1. The first-order valence-corrected chi connectivity index (χ1v) is 4.57. The fourth-order valence-electron chi connectivity index (χ4n) is 1.60. The van der Waals surface area contributed by atoms with E-state index < -0.39 is 11.5 Å². The Morgan fingerprint density at radius 2 is 2.07 bits per heavy atom. The number of rotatable bonds is 2. The van der Waals surface area contributed by atoms with Crippen molar-refractivity contribution in [3.63, 3.8) is 0 Å². The van der Waals surface area contributed by atoms with Gasteiger partial charge in [0.25, 0.3) is 0 Å². The van der Waals surface area contributed by atoms with Crippen LogP contribution in [0.25, 0.3) is 0 Å². The van der Waals surface area contributed by atoms with Crippen LogP contribution in [-0.4, -0.2) is 11.1 Å². The largest absolute Gasteiger partial charge is 0.479 e. The van der Waals surface area contributed by atoms with Crippen LogP contribution in [-0.2, 0) is 15.2 Å². The number of carboxylic acid groups (broad SMARTS) is 1. The molecule has 0 bridgehead atoms. The van der Waals surface area contributed by atoms with Crippen LogP contribution in [0, 0.1) is 0 Å². The normalized spacial score (nSPS) is 24.5. The summed E-state index contributed by atoms with van der Waals surface area (Å²) >= 11 is 0. The van der Waals surface area contributed by atoms with E-state index in [0.29, 0.717) is 11.3 Å². The molecule has 1 aliphatic heterocycles. The lowest BCUT2D eigenvalue weighted by atomic mass is 9.91. The minimum absolute atomic E-state index is 0.557. The number of hydrogen-bond acceptors (Lipinski definition) is 3. The molecule has 0 aliphatic carbocycles. The molecule has 0 spiro atoms. The molecular weight excluding hydrogens is 194 g/mol. The number of hydroxylamine groups is 1. The van der Waals surface area contributed by atoms with Crippen molar-refractivity contribution in [1.29, 1.82) is 0 Å². The number of allylic oxidation sites excluding steroid dienone is 1. The molecule has 78 valence electrons. The summed E-state index contributed by atoms with van der Waals surface area (Å²) < 4.78 is 0. The Kier molecular flexibility index (Phi) is 2.21. The topological polar surface area (TPSA) is 58.6 Å². The van der Waals surface area contributed by atoms with Crippen molar-refractivity contribution in [2.45, 2.75) is 12.5 Å². The second-order valence-electron chi connectivity index (χ2n) is 3.44. The zero-order valence-electron chi connectivity index (χ0n) is 8.23. The molecule has 1 heterocycles. The lowest BCUT2D eigenvalue weighted by Gasteiger charge is -2.21. The second-order valence-corrected chi connectivity index (χ2v) is 3.44. The summed E-state index contributed by atoms with van der Waals surface area (Å²) in [6.45, 7) is 1.71. The third-order valence-electron chi connectivity index (χ3n) is 2.36. The number of aliphatic carboxylic acids is 1. The first-order valence-electron chi connectivity index (χ1n) is 4.57. The molecule has 4 heteroatoms. The van der Waals surface area contributed by atoms with Gasteiger partial charge in [-0.3, -0.25) is 0 Å². The smallest absolute Gasteiger partial charge is 0.336 e. The Hall–Kier alpha value is -1.81. The first-order chi connectivity index (χ1) is 7.15. The van der Waals surface area contributed by atoms with E-state index in [1.54, 1.807) is 37.3 Å². The summed E-state index contributed by atoms with van der Waals surface area (Å²) in [5, 5.41) is 9.25. The third-order valence-corrected chi connectivity index (χ3v) is 2.36. The second kappa shape index (κ2) is 3.40. The Morgan fingerprint density at radius 1 is 1.40 bits per heavy atom. The molecule has 15 heavy (non-hydrogen) atoms. The van der Waals surface area contributed by atoms with Crippen LogP contribution in [0.15, 0.2) is 42.2 Å². The van der Waals surface area contributed by atoms with Crippen LogP contribution in [0.3, 0.4) is 0 Å². The molecule has 4 nitrogen and oxygen atoms in total. The van der Waals surface area contributed by atoms with Gasteiger partial charge in [-0.25, -0.2) is 4.79 Å². The van der Waals surface area contributed by atoms with E-state index in [9.17, 15) is 9.90 Å². The molecule has 0 aromatic heterocycles. The summed E-state index contributed by atoms with van der Waals surface area (Å²) in [5.41, 5.74) is 1.93. The van der Waals surface area contributed by atoms with Gasteiger partial charge in [-0.1, -0.05) is 30.3 Å². The van der Waals surface area contributed by atoms with Gasteiger partial charge in [0.05, 0.1) is 0 Å². The van der Waals surface area contributed by atoms with Crippen LogP contribution in [0.5, 0.6) is 0 Å². The monoisotopic (exact) mass is 205 g/mol. The van der Waals surface area contributed by atoms with Crippen molar-refractivity contribution in [1.82, 2.24) is 5.48 Å². The molecule has 1 aromatic rings. The molecule has 1 aliphatic rings. The summed E-state index contributed by atoms with van der Waals surface area (Å²) in [6.07, 6.45) is 1.56. The highest BCUT2D eigenvalue weighted by Crippen LogP contribution is 2.29. The summed E-state index contributed by atoms with van der Waals surface area (Å²) in [4.78, 5) is 16.3. The molecule has 2 N–H and O–H groups in total. The number of hydrogen-bond donors (Lipinski definition) is 2. The molecule has 1 unspecified atom stereocenters. The Morgan fingerprint density at radius 3 is 2.53 bits per heavy atom. The average molecular weight is 205 g/mol. The molecule has 0 radical (unpaired) electrons. The van der Waals surface area contributed by atoms with Crippen LogP contribution >= 0.6 is 0 Å². The lowest BCUT2D eigenvalue weighted by molar-refractivity contribution is -0.146. The zero-order valence-corrected chi connectivity index (χ0v) is 8.23. The predicted octanol–water partition coefficient (Wildman–Crippen LogP) is 1.41. The molecular formula is C11H11NO3. The van der Waals surface area contributed by atoms with Gasteiger partial charge in [0.1, 0.15) is 5.76 Å². The highest BCUT2D eigenvalue weighted by Gasteiger charge is 2.43. The first kappa shape index (κ1) is 9.73. The quantitative estimate of drug-likeness (QED) is 0.766. The molecule has 2 rings (SSSR count). The molecule has 0 amide bonds. The highest BCUT2D eigenvalue weighted by atomic mass is 16.7. The maximum atomic E-state index is 11.3. The predicted molar refractivity (Wildman–Crippen MR) is 53.7 cm³/mol. The summed E-state index contributed by atoms with van der Waals surface area (Å²) in [7, 11) is 0. The van der Waals surface area contributed by atoms with Gasteiger partial charge in [-0.2, -0.15) is 0 Å². The molecule has 1 aromatic carbocycles. The van der Waals surface area contributed by atoms with Gasteiger partial charge in [0.15, 0.2) is 5.54 Å². The average Bonchev–Trinajstić information content (AvgIpc) is 2.63. The van der Waals surface area contributed by atoms with Crippen LogP contribution in [0.2, 0.25) is 0 Å².